The van der Waals surface area contributed by atoms with Crippen molar-refractivity contribution >= 4 is 5.91 Å². The van der Waals surface area contributed by atoms with Gasteiger partial charge in [0.1, 0.15) is 0 Å². The molecule has 0 aromatic carbocycles. The van der Waals surface area contributed by atoms with Gasteiger partial charge in [-0.2, -0.15) is 0 Å². The summed E-state index contributed by atoms with van der Waals surface area (Å²) in [6, 6.07) is 0. The molecule has 0 aliphatic heterocycles. The lowest BCUT2D eigenvalue weighted by Gasteiger charge is -2.30. The highest BCUT2D eigenvalue weighted by Crippen LogP contribution is 2.24. The summed E-state index contributed by atoms with van der Waals surface area (Å²) in [6.07, 6.45) is 2.53. The highest BCUT2D eigenvalue weighted by atomic mass is 16.3. The van der Waals surface area contributed by atoms with Crippen LogP contribution in [0.4, 0.5) is 0 Å². The Balaban J connectivity index is 4.37. The van der Waals surface area contributed by atoms with Gasteiger partial charge < -0.3 is 16.2 Å². The lowest BCUT2D eigenvalue weighted by molar-refractivity contribution is -0.125. The molecule has 18 heavy (non-hydrogen) atoms. The van der Waals surface area contributed by atoms with Crippen LogP contribution in [0, 0.1) is 17.3 Å². The van der Waals surface area contributed by atoms with E-state index in [2.05, 4.69) is 19.2 Å². The smallest absolute Gasteiger partial charge is 0.224 e. The minimum Gasteiger partial charge on any atom is -0.396 e. The van der Waals surface area contributed by atoms with E-state index in [0.29, 0.717) is 19.0 Å². The zero-order valence-electron chi connectivity index (χ0n) is 12.3. The van der Waals surface area contributed by atoms with Crippen LogP contribution in [0.25, 0.3) is 0 Å². The first-order valence-corrected chi connectivity index (χ1v) is 7.03. The monoisotopic (exact) mass is 258 g/mol. The van der Waals surface area contributed by atoms with Gasteiger partial charge >= 0.3 is 0 Å². The van der Waals surface area contributed by atoms with E-state index in [9.17, 15) is 9.90 Å². The van der Waals surface area contributed by atoms with Gasteiger partial charge in [0.05, 0.1) is 12.5 Å². The number of carbonyl (C=O) groups is 1. The number of nitrogens with two attached hydrogens (primary N) is 1. The lowest BCUT2D eigenvalue weighted by Crippen LogP contribution is -2.43. The maximum absolute atomic E-state index is 12.0. The fourth-order valence-corrected chi connectivity index (χ4v) is 2.08. The Hall–Kier alpha value is -0.610. The molecule has 0 saturated carbocycles. The van der Waals surface area contributed by atoms with Gasteiger partial charge in [-0.1, -0.05) is 27.7 Å². The molecular weight excluding hydrogens is 228 g/mol. The molecule has 1 atom stereocenters. The van der Waals surface area contributed by atoms with Crippen LogP contribution in [-0.4, -0.2) is 30.7 Å². The molecule has 0 aromatic rings. The summed E-state index contributed by atoms with van der Waals surface area (Å²) in [7, 11) is 0. The van der Waals surface area contributed by atoms with Crippen molar-refractivity contribution in [1.29, 1.82) is 0 Å². The van der Waals surface area contributed by atoms with Crippen molar-refractivity contribution in [1.82, 2.24) is 5.32 Å². The van der Waals surface area contributed by atoms with Gasteiger partial charge in [0, 0.05) is 18.5 Å². The Bertz CT molecular complexity index is 230. The third kappa shape index (κ3) is 5.36. The van der Waals surface area contributed by atoms with Gasteiger partial charge in [-0.05, 0) is 25.2 Å². The fraction of sp³-hybridized carbons (Fsp3) is 0.929. The Morgan fingerprint density at radius 2 is 1.89 bits per heavy atom. The molecule has 1 unspecified atom stereocenters. The predicted molar refractivity (Wildman–Crippen MR) is 75.1 cm³/mol. The van der Waals surface area contributed by atoms with Crippen LogP contribution in [0.15, 0.2) is 0 Å². The number of rotatable bonds is 9. The van der Waals surface area contributed by atoms with Gasteiger partial charge in [0.15, 0.2) is 0 Å². The molecular formula is C14H30N2O2. The molecule has 0 aliphatic carbocycles. The average molecular weight is 258 g/mol. The number of hydrogen-bond acceptors (Lipinski definition) is 3. The van der Waals surface area contributed by atoms with Gasteiger partial charge in [-0.25, -0.2) is 0 Å². The van der Waals surface area contributed by atoms with Crippen molar-refractivity contribution in [2.24, 2.45) is 23.0 Å². The number of hydrogen-bond donors (Lipinski definition) is 3. The van der Waals surface area contributed by atoms with Crippen molar-refractivity contribution in [3.8, 4) is 0 Å². The molecule has 0 rings (SSSR count). The first-order chi connectivity index (χ1) is 8.44. The molecule has 0 bridgehead atoms. The minimum atomic E-state index is -0.188. The molecule has 4 heteroatoms. The molecule has 0 fully saturated rings. The van der Waals surface area contributed by atoms with Crippen molar-refractivity contribution in [2.45, 2.75) is 47.0 Å². The molecule has 0 spiro atoms. The van der Waals surface area contributed by atoms with Crippen LogP contribution >= 0.6 is 0 Å². The lowest BCUT2D eigenvalue weighted by atomic mass is 9.83. The Morgan fingerprint density at radius 3 is 2.22 bits per heavy atom. The molecule has 0 radical (unpaired) electrons. The van der Waals surface area contributed by atoms with E-state index in [1.54, 1.807) is 0 Å². The van der Waals surface area contributed by atoms with Crippen LogP contribution in [0.2, 0.25) is 0 Å². The first-order valence-electron chi connectivity index (χ1n) is 7.03. The molecule has 0 heterocycles. The van der Waals surface area contributed by atoms with Crippen molar-refractivity contribution < 1.29 is 9.90 Å². The van der Waals surface area contributed by atoms with Crippen molar-refractivity contribution in [3.63, 3.8) is 0 Å². The van der Waals surface area contributed by atoms with E-state index in [1.807, 2.05) is 13.8 Å². The Labute approximate surface area is 111 Å². The third-order valence-corrected chi connectivity index (χ3v) is 3.88. The van der Waals surface area contributed by atoms with Gasteiger partial charge in [0.2, 0.25) is 5.91 Å². The maximum atomic E-state index is 12.0. The van der Waals surface area contributed by atoms with Gasteiger partial charge in [-0.15, -0.1) is 0 Å². The van der Waals surface area contributed by atoms with Crippen molar-refractivity contribution in [2.75, 3.05) is 19.7 Å². The standard InChI is InChI=1S/C14H30N2O2/c1-5-14(6-2,10-17)9-16-13(18)12(8-15)7-11(3)4/h11-12,17H,5-10,15H2,1-4H3,(H,16,18). The first kappa shape index (κ1) is 17.4. The largest absolute Gasteiger partial charge is 0.396 e. The van der Waals surface area contributed by atoms with Crippen LogP contribution in [0.3, 0.4) is 0 Å². The van der Waals surface area contributed by atoms with E-state index in [1.165, 1.54) is 0 Å². The number of amides is 1. The highest BCUT2D eigenvalue weighted by Gasteiger charge is 2.27. The van der Waals surface area contributed by atoms with Crippen LogP contribution in [0.1, 0.15) is 47.0 Å². The molecule has 1 amide bonds. The van der Waals surface area contributed by atoms with Crippen LogP contribution in [-0.2, 0) is 4.79 Å². The molecule has 0 aromatic heterocycles. The second-order valence-electron chi connectivity index (χ2n) is 5.65. The molecule has 4 N–H and O–H groups in total. The van der Waals surface area contributed by atoms with Crippen molar-refractivity contribution in [3.05, 3.63) is 0 Å². The minimum absolute atomic E-state index is 0.0194. The van der Waals surface area contributed by atoms with Gasteiger partial charge in [0.25, 0.3) is 0 Å². The van der Waals surface area contributed by atoms with E-state index in [0.717, 1.165) is 19.3 Å². The molecule has 4 nitrogen and oxygen atoms in total. The van der Waals surface area contributed by atoms with E-state index >= 15 is 0 Å². The number of aliphatic hydroxyl groups is 1. The Morgan fingerprint density at radius 1 is 1.33 bits per heavy atom. The second kappa shape index (κ2) is 8.48. The zero-order valence-corrected chi connectivity index (χ0v) is 12.3. The molecule has 0 aliphatic rings. The second-order valence-corrected chi connectivity index (χ2v) is 5.65. The fourth-order valence-electron chi connectivity index (χ4n) is 2.08. The van der Waals surface area contributed by atoms with Crippen LogP contribution in [0.5, 0.6) is 0 Å². The summed E-state index contributed by atoms with van der Waals surface area (Å²) >= 11 is 0. The number of carbonyl (C=O) groups excluding carboxylic acids is 1. The summed E-state index contributed by atoms with van der Waals surface area (Å²) in [5.74, 6) is 0.366. The SMILES string of the molecule is CCC(CC)(CO)CNC(=O)C(CN)CC(C)C. The predicted octanol–water partition coefficient (Wildman–Crippen LogP) is 1.52. The normalized spacial score (nSPS) is 13.7. The summed E-state index contributed by atoms with van der Waals surface area (Å²) in [4.78, 5) is 12.0. The molecule has 0 saturated heterocycles. The Kier molecular flexibility index (Phi) is 8.20. The number of nitrogens with one attached hydrogen (secondary N) is 1. The highest BCUT2D eigenvalue weighted by molar-refractivity contribution is 5.78. The summed E-state index contributed by atoms with van der Waals surface area (Å²) in [6.45, 7) is 9.29. The zero-order chi connectivity index (χ0) is 14.2. The maximum Gasteiger partial charge on any atom is 0.224 e. The number of aliphatic hydroxyl groups excluding tert-OH is 1. The summed E-state index contributed by atoms with van der Waals surface area (Å²) in [5, 5.41) is 12.4. The topological polar surface area (TPSA) is 75.3 Å². The quantitative estimate of drug-likeness (QED) is 0.587. The van der Waals surface area contributed by atoms with Gasteiger partial charge in [-0.3, -0.25) is 4.79 Å². The van der Waals surface area contributed by atoms with Crippen LogP contribution < -0.4 is 11.1 Å². The van der Waals surface area contributed by atoms with E-state index in [-0.39, 0.29) is 23.8 Å². The van der Waals surface area contributed by atoms with E-state index < -0.39 is 0 Å². The van der Waals surface area contributed by atoms with E-state index in [4.69, 9.17) is 5.73 Å². The molecule has 108 valence electrons. The summed E-state index contributed by atoms with van der Waals surface area (Å²) < 4.78 is 0. The third-order valence-electron chi connectivity index (χ3n) is 3.88. The summed E-state index contributed by atoms with van der Waals surface area (Å²) in [5.41, 5.74) is 5.46. The average Bonchev–Trinajstić information content (AvgIpc) is 2.37.